The molecule has 3 aromatic rings. The molecule has 1 aromatic carbocycles. The van der Waals surface area contributed by atoms with Crippen molar-refractivity contribution in [2.45, 2.75) is 45.7 Å². The van der Waals surface area contributed by atoms with Crippen LogP contribution in [-0.4, -0.2) is 62.7 Å². The Hall–Kier alpha value is -3.86. The predicted octanol–water partition coefficient (Wildman–Crippen LogP) is 3.86. The number of benzene rings is 1. The molecule has 38 heavy (non-hydrogen) atoms. The number of nitrogens with one attached hydrogen (secondary N) is 1. The number of nitrogens with zero attached hydrogens (tertiary/aromatic N) is 4. The summed E-state index contributed by atoms with van der Waals surface area (Å²) in [5.74, 6) is -0.784. The molecule has 11 heteroatoms. The van der Waals surface area contributed by atoms with E-state index >= 15 is 0 Å². The van der Waals surface area contributed by atoms with E-state index in [4.69, 9.17) is 4.74 Å². The minimum atomic E-state index is -0.625. The number of anilines is 1. The third-order valence-electron chi connectivity index (χ3n) is 6.27. The number of rotatable bonds is 13. The highest BCUT2D eigenvalue weighted by Gasteiger charge is 2.31. The van der Waals surface area contributed by atoms with Crippen LogP contribution >= 0.6 is 0 Å². The SMILES string of the molecule is CC(C)N(CCCO)C(=O)c1c(NC=O)nc(-c2cc(F)cnc2OCC2CC2)n1Cc1ccc(F)cc1. The number of imidazole rings is 1. The number of hydrogen-bond acceptors (Lipinski definition) is 6. The van der Waals surface area contributed by atoms with Gasteiger partial charge in [-0.1, -0.05) is 12.1 Å². The molecule has 0 atom stereocenters. The number of amides is 2. The molecule has 2 N–H and O–H groups in total. The van der Waals surface area contributed by atoms with Crippen molar-refractivity contribution in [3.63, 3.8) is 0 Å². The number of pyridine rings is 1. The summed E-state index contributed by atoms with van der Waals surface area (Å²) in [6.07, 6.45) is 3.89. The fraction of sp³-hybridized carbons (Fsp3) is 0.407. The van der Waals surface area contributed by atoms with Crippen molar-refractivity contribution in [2.75, 3.05) is 25.1 Å². The largest absolute Gasteiger partial charge is 0.477 e. The minimum Gasteiger partial charge on any atom is -0.477 e. The Kier molecular flexibility index (Phi) is 8.67. The number of aliphatic hydroxyl groups excluding tert-OH is 1. The summed E-state index contributed by atoms with van der Waals surface area (Å²) in [5, 5.41) is 11.9. The first-order valence-electron chi connectivity index (χ1n) is 12.6. The molecule has 4 rings (SSSR count). The van der Waals surface area contributed by atoms with Gasteiger partial charge in [0.05, 0.1) is 18.4 Å². The Morgan fingerprint density at radius 1 is 1.26 bits per heavy atom. The number of ether oxygens (including phenoxy) is 1. The van der Waals surface area contributed by atoms with E-state index in [9.17, 15) is 23.5 Å². The van der Waals surface area contributed by atoms with Gasteiger partial charge in [0.1, 0.15) is 17.5 Å². The summed E-state index contributed by atoms with van der Waals surface area (Å²) in [5.41, 5.74) is 0.917. The van der Waals surface area contributed by atoms with E-state index in [1.807, 2.05) is 13.8 Å². The van der Waals surface area contributed by atoms with Crippen LogP contribution in [0.25, 0.3) is 11.4 Å². The molecular weight excluding hydrogens is 496 g/mol. The first-order valence-corrected chi connectivity index (χ1v) is 12.6. The standard InChI is InChI=1S/C27H31F2N5O4/c1-17(2)33(10-3-11-35)27(37)23-24(31-16-36)32-25(34(23)14-18-6-8-20(28)9-7-18)22-12-21(29)13-30-26(22)38-15-19-4-5-19/h6-9,12-13,16-17,19,35H,3-5,10-11,14-15H2,1-2H3,(H,31,36). The zero-order chi connectivity index (χ0) is 27.2. The van der Waals surface area contributed by atoms with E-state index < -0.39 is 17.5 Å². The average molecular weight is 528 g/mol. The molecule has 2 amide bonds. The van der Waals surface area contributed by atoms with E-state index in [2.05, 4.69) is 15.3 Å². The normalized spacial score (nSPS) is 13.0. The van der Waals surface area contributed by atoms with Crippen molar-refractivity contribution in [1.82, 2.24) is 19.4 Å². The number of carbonyl (C=O) groups excluding carboxylic acids is 2. The number of halogens is 2. The van der Waals surface area contributed by atoms with Crippen LogP contribution in [0.4, 0.5) is 14.6 Å². The Labute approximate surface area is 219 Å². The highest BCUT2D eigenvalue weighted by atomic mass is 19.1. The Bertz CT molecular complexity index is 1280. The lowest BCUT2D eigenvalue weighted by atomic mass is 10.2. The van der Waals surface area contributed by atoms with Gasteiger partial charge in [0.2, 0.25) is 12.3 Å². The van der Waals surface area contributed by atoms with Crippen molar-refractivity contribution in [1.29, 1.82) is 0 Å². The summed E-state index contributed by atoms with van der Waals surface area (Å²) in [7, 11) is 0. The third kappa shape index (κ3) is 6.34. The molecule has 0 unspecified atom stereocenters. The smallest absolute Gasteiger partial charge is 0.274 e. The van der Waals surface area contributed by atoms with Gasteiger partial charge in [0, 0.05) is 25.7 Å². The molecule has 0 saturated heterocycles. The number of aliphatic hydroxyl groups is 1. The fourth-order valence-corrected chi connectivity index (χ4v) is 4.11. The van der Waals surface area contributed by atoms with Crippen LogP contribution in [0.2, 0.25) is 0 Å². The Balaban J connectivity index is 1.89. The predicted molar refractivity (Wildman–Crippen MR) is 137 cm³/mol. The second kappa shape index (κ2) is 12.1. The quantitative estimate of drug-likeness (QED) is 0.327. The lowest BCUT2D eigenvalue weighted by Crippen LogP contribution is -2.39. The summed E-state index contributed by atoms with van der Waals surface area (Å²) >= 11 is 0. The van der Waals surface area contributed by atoms with Crippen LogP contribution < -0.4 is 10.1 Å². The van der Waals surface area contributed by atoms with Gasteiger partial charge >= 0.3 is 0 Å². The average Bonchev–Trinajstić information content (AvgIpc) is 3.65. The van der Waals surface area contributed by atoms with Crippen LogP contribution in [0, 0.1) is 17.6 Å². The van der Waals surface area contributed by atoms with Crippen molar-refractivity contribution < 1.29 is 28.2 Å². The summed E-state index contributed by atoms with van der Waals surface area (Å²) in [6, 6.07) is 6.73. The van der Waals surface area contributed by atoms with Crippen molar-refractivity contribution in [2.24, 2.45) is 5.92 Å². The second-order valence-corrected chi connectivity index (χ2v) is 9.54. The monoisotopic (exact) mass is 527 g/mol. The van der Waals surface area contributed by atoms with Gasteiger partial charge in [-0.15, -0.1) is 0 Å². The van der Waals surface area contributed by atoms with Gasteiger partial charge in [-0.05, 0) is 62.8 Å². The molecule has 1 fully saturated rings. The zero-order valence-electron chi connectivity index (χ0n) is 21.4. The second-order valence-electron chi connectivity index (χ2n) is 9.54. The highest BCUT2D eigenvalue weighted by Crippen LogP contribution is 2.35. The van der Waals surface area contributed by atoms with Crippen LogP contribution in [0.5, 0.6) is 5.88 Å². The molecule has 9 nitrogen and oxygen atoms in total. The summed E-state index contributed by atoms with van der Waals surface area (Å²) in [6.45, 7) is 4.31. The van der Waals surface area contributed by atoms with E-state index in [1.54, 1.807) is 21.6 Å². The molecule has 2 heterocycles. The molecule has 0 aliphatic heterocycles. The number of carbonyl (C=O) groups is 2. The lowest BCUT2D eigenvalue weighted by Gasteiger charge is -2.27. The Morgan fingerprint density at radius 3 is 2.63 bits per heavy atom. The van der Waals surface area contributed by atoms with Crippen molar-refractivity contribution in [3.05, 3.63) is 59.4 Å². The maximum Gasteiger partial charge on any atom is 0.274 e. The molecule has 202 valence electrons. The molecule has 0 spiro atoms. The fourth-order valence-electron chi connectivity index (χ4n) is 4.11. The van der Waals surface area contributed by atoms with Gasteiger partial charge in [-0.25, -0.2) is 18.7 Å². The van der Waals surface area contributed by atoms with E-state index in [1.165, 1.54) is 18.2 Å². The van der Waals surface area contributed by atoms with Gasteiger partial charge in [-0.2, -0.15) is 0 Å². The highest BCUT2D eigenvalue weighted by molar-refractivity contribution is 6.00. The van der Waals surface area contributed by atoms with Crippen LogP contribution in [0.15, 0.2) is 36.5 Å². The van der Waals surface area contributed by atoms with Crippen LogP contribution in [0.3, 0.4) is 0 Å². The number of hydrogen-bond donors (Lipinski definition) is 2. The van der Waals surface area contributed by atoms with E-state index in [-0.39, 0.29) is 54.5 Å². The lowest BCUT2D eigenvalue weighted by molar-refractivity contribution is -0.105. The maximum atomic E-state index is 14.5. The molecule has 1 aliphatic carbocycles. The van der Waals surface area contributed by atoms with E-state index in [0.717, 1.165) is 19.0 Å². The molecule has 1 aliphatic rings. The minimum absolute atomic E-state index is 0.0193. The van der Waals surface area contributed by atoms with Crippen molar-refractivity contribution in [3.8, 4) is 17.3 Å². The van der Waals surface area contributed by atoms with Crippen LogP contribution in [0.1, 0.15) is 49.2 Å². The van der Waals surface area contributed by atoms with Gasteiger partial charge in [0.25, 0.3) is 5.91 Å². The Morgan fingerprint density at radius 2 is 2.00 bits per heavy atom. The first kappa shape index (κ1) is 27.2. The van der Waals surface area contributed by atoms with E-state index in [0.29, 0.717) is 30.9 Å². The topological polar surface area (TPSA) is 110 Å². The first-order chi connectivity index (χ1) is 18.3. The summed E-state index contributed by atoms with van der Waals surface area (Å²) < 4.78 is 35.6. The third-order valence-corrected chi connectivity index (χ3v) is 6.27. The molecular formula is C27H31F2N5O4. The molecule has 1 saturated carbocycles. The maximum absolute atomic E-state index is 14.5. The molecule has 2 aromatic heterocycles. The molecule has 0 radical (unpaired) electrons. The molecule has 0 bridgehead atoms. The van der Waals surface area contributed by atoms with Gasteiger partial charge in [0.15, 0.2) is 11.5 Å². The zero-order valence-corrected chi connectivity index (χ0v) is 21.4. The number of aromatic nitrogens is 3. The van der Waals surface area contributed by atoms with Crippen LogP contribution in [-0.2, 0) is 11.3 Å². The van der Waals surface area contributed by atoms with Crippen molar-refractivity contribution >= 4 is 18.1 Å². The summed E-state index contributed by atoms with van der Waals surface area (Å²) in [4.78, 5) is 35.7. The van der Waals surface area contributed by atoms with Gasteiger partial charge < -0.3 is 24.6 Å². The van der Waals surface area contributed by atoms with Gasteiger partial charge in [-0.3, -0.25) is 9.59 Å².